The van der Waals surface area contributed by atoms with Crippen LogP contribution in [0.5, 0.6) is 0 Å². The molecule has 1 saturated heterocycles. The Morgan fingerprint density at radius 1 is 0.960 bits per heavy atom. The standard InChI is InChI=1S/C19H33N5O/c1-13(2)20-18-16-5-9-24(15-7-11-25-12-8-15)10-6-17(16)22-19(23-18)21-14(3)4/h13-15H,5-12H2,1-4H3,(H2,20,21,22,23). The van der Waals surface area contributed by atoms with Crippen LogP contribution in [0.1, 0.15) is 51.8 Å². The Labute approximate surface area is 151 Å². The molecule has 25 heavy (non-hydrogen) atoms. The summed E-state index contributed by atoms with van der Waals surface area (Å²) in [6, 6.07) is 1.35. The molecule has 0 aromatic carbocycles. The van der Waals surface area contributed by atoms with Crippen LogP contribution in [0.3, 0.4) is 0 Å². The van der Waals surface area contributed by atoms with Crippen molar-refractivity contribution in [1.29, 1.82) is 0 Å². The third kappa shape index (κ3) is 4.82. The number of hydrogen-bond donors (Lipinski definition) is 2. The van der Waals surface area contributed by atoms with Crippen LogP contribution in [-0.4, -0.2) is 59.3 Å². The smallest absolute Gasteiger partial charge is 0.225 e. The SMILES string of the molecule is CC(C)Nc1nc2c(c(NC(C)C)n1)CCN(C1CCOCC1)CC2. The first-order valence-corrected chi connectivity index (χ1v) is 9.77. The van der Waals surface area contributed by atoms with Gasteiger partial charge in [-0.15, -0.1) is 0 Å². The van der Waals surface area contributed by atoms with Crippen molar-refractivity contribution >= 4 is 11.8 Å². The summed E-state index contributed by atoms with van der Waals surface area (Å²) < 4.78 is 5.53. The van der Waals surface area contributed by atoms with Crippen molar-refractivity contribution in [3.8, 4) is 0 Å². The predicted molar refractivity (Wildman–Crippen MR) is 102 cm³/mol. The van der Waals surface area contributed by atoms with Gasteiger partial charge in [0.25, 0.3) is 0 Å². The van der Waals surface area contributed by atoms with Gasteiger partial charge in [-0.1, -0.05) is 0 Å². The van der Waals surface area contributed by atoms with Gasteiger partial charge in [0.1, 0.15) is 5.82 Å². The molecule has 3 heterocycles. The molecule has 1 aromatic heterocycles. The minimum Gasteiger partial charge on any atom is -0.381 e. The minimum atomic E-state index is 0.328. The second kappa shape index (κ2) is 8.32. The number of hydrogen-bond acceptors (Lipinski definition) is 6. The molecule has 1 fully saturated rings. The third-order valence-corrected chi connectivity index (χ3v) is 4.93. The number of rotatable bonds is 5. The number of anilines is 2. The lowest BCUT2D eigenvalue weighted by Crippen LogP contribution is -2.40. The molecule has 0 unspecified atom stereocenters. The van der Waals surface area contributed by atoms with Crippen molar-refractivity contribution in [3.63, 3.8) is 0 Å². The average molecular weight is 348 g/mol. The fourth-order valence-electron chi connectivity index (χ4n) is 3.75. The molecule has 1 aromatic rings. The molecule has 0 atom stereocenters. The molecule has 0 radical (unpaired) electrons. The lowest BCUT2D eigenvalue weighted by molar-refractivity contribution is 0.0355. The van der Waals surface area contributed by atoms with Crippen LogP contribution in [0.2, 0.25) is 0 Å². The van der Waals surface area contributed by atoms with Crippen molar-refractivity contribution < 1.29 is 4.74 Å². The van der Waals surface area contributed by atoms with Crippen molar-refractivity contribution in [2.75, 3.05) is 36.9 Å². The lowest BCUT2D eigenvalue weighted by Gasteiger charge is -2.33. The molecule has 0 spiro atoms. The van der Waals surface area contributed by atoms with Gasteiger partial charge in [0, 0.05) is 56.4 Å². The van der Waals surface area contributed by atoms with Crippen LogP contribution in [0, 0.1) is 0 Å². The Kier molecular flexibility index (Phi) is 6.12. The molecule has 0 saturated carbocycles. The molecule has 2 aliphatic rings. The fraction of sp³-hybridized carbons (Fsp3) is 0.789. The van der Waals surface area contributed by atoms with Crippen LogP contribution in [0.25, 0.3) is 0 Å². The summed E-state index contributed by atoms with van der Waals surface area (Å²) in [5.41, 5.74) is 2.51. The zero-order chi connectivity index (χ0) is 17.8. The second-order valence-corrected chi connectivity index (χ2v) is 7.80. The van der Waals surface area contributed by atoms with E-state index >= 15 is 0 Å². The summed E-state index contributed by atoms with van der Waals surface area (Å²) in [4.78, 5) is 12.3. The van der Waals surface area contributed by atoms with Gasteiger partial charge >= 0.3 is 0 Å². The minimum absolute atomic E-state index is 0.328. The van der Waals surface area contributed by atoms with Crippen molar-refractivity contribution in [1.82, 2.24) is 14.9 Å². The van der Waals surface area contributed by atoms with E-state index in [0.29, 0.717) is 18.1 Å². The first-order valence-electron chi connectivity index (χ1n) is 9.77. The van der Waals surface area contributed by atoms with E-state index in [0.717, 1.165) is 63.8 Å². The molecular formula is C19H33N5O. The van der Waals surface area contributed by atoms with Crippen LogP contribution < -0.4 is 10.6 Å². The molecule has 140 valence electrons. The van der Waals surface area contributed by atoms with E-state index in [-0.39, 0.29) is 0 Å². The fourth-order valence-corrected chi connectivity index (χ4v) is 3.75. The van der Waals surface area contributed by atoms with E-state index in [1.807, 2.05) is 0 Å². The predicted octanol–water partition coefficient (Wildman–Crippen LogP) is 2.70. The Morgan fingerprint density at radius 2 is 1.64 bits per heavy atom. The monoisotopic (exact) mass is 347 g/mol. The molecule has 0 amide bonds. The molecule has 6 nitrogen and oxygen atoms in total. The number of ether oxygens (including phenoxy) is 1. The van der Waals surface area contributed by atoms with Gasteiger partial charge in [-0.3, -0.25) is 4.90 Å². The molecule has 0 bridgehead atoms. The Bertz CT molecular complexity index is 569. The van der Waals surface area contributed by atoms with Gasteiger partial charge < -0.3 is 15.4 Å². The Hall–Kier alpha value is -1.40. The summed E-state index contributed by atoms with van der Waals surface area (Å²) in [7, 11) is 0. The zero-order valence-electron chi connectivity index (χ0n) is 16.1. The largest absolute Gasteiger partial charge is 0.381 e. The first kappa shape index (κ1) is 18.4. The van der Waals surface area contributed by atoms with Gasteiger partial charge in [0.05, 0.1) is 5.69 Å². The van der Waals surface area contributed by atoms with E-state index in [1.165, 1.54) is 11.3 Å². The van der Waals surface area contributed by atoms with E-state index in [1.54, 1.807) is 0 Å². The van der Waals surface area contributed by atoms with Gasteiger partial charge in [-0.2, -0.15) is 4.98 Å². The summed E-state index contributed by atoms with van der Waals surface area (Å²) in [6.45, 7) is 12.5. The maximum atomic E-state index is 5.53. The number of nitrogens with zero attached hydrogens (tertiary/aromatic N) is 3. The van der Waals surface area contributed by atoms with Crippen molar-refractivity contribution in [3.05, 3.63) is 11.3 Å². The summed E-state index contributed by atoms with van der Waals surface area (Å²) in [5.74, 6) is 1.76. The van der Waals surface area contributed by atoms with Gasteiger partial charge in [0.2, 0.25) is 5.95 Å². The highest BCUT2D eigenvalue weighted by Gasteiger charge is 2.26. The average Bonchev–Trinajstić information content (AvgIpc) is 2.77. The highest BCUT2D eigenvalue weighted by molar-refractivity contribution is 5.52. The summed E-state index contributed by atoms with van der Waals surface area (Å²) in [6.07, 6.45) is 4.32. The molecule has 6 heteroatoms. The molecule has 2 aliphatic heterocycles. The number of aromatic nitrogens is 2. The van der Waals surface area contributed by atoms with Crippen LogP contribution in [0.15, 0.2) is 0 Å². The molecule has 3 rings (SSSR count). The Morgan fingerprint density at radius 3 is 2.32 bits per heavy atom. The molecular weight excluding hydrogens is 314 g/mol. The normalized spacial score (nSPS) is 19.8. The van der Waals surface area contributed by atoms with Crippen LogP contribution >= 0.6 is 0 Å². The lowest BCUT2D eigenvalue weighted by atomic mass is 10.1. The van der Waals surface area contributed by atoms with E-state index < -0.39 is 0 Å². The highest BCUT2D eigenvalue weighted by Crippen LogP contribution is 2.26. The number of nitrogens with one attached hydrogen (secondary N) is 2. The maximum Gasteiger partial charge on any atom is 0.225 e. The first-order chi connectivity index (χ1) is 12.0. The third-order valence-electron chi connectivity index (χ3n) is 4.93. The summed E-state index contributed by atoms with van der Waals surface area (Å²) in [5, 5.41) is 6.91. The van der Waals surface area contributed by atoms with Gasteiger partial charge in [-0.25, -0.2) is 4.98 Å². The van der Waals surface area contributed by atoms with E-state index in [2.05, 4.69) is 43.2 Å². The molecule has 0 aliphatic carbocycles. The quantitative estimate of drug-likeness (QED) is 0.854. The highest BCUT2D eigenvalue weighted by atomic mass is 16.5. The van der Waals surface area contributed by atoms with Crippen molar-refractivity contribution in [2.45, 2.75) is 71.5 Å². The number of fused-ring (bicyclic) bond motifs is 1. The summed E-state index contributed by atoms with van der Waals surface area (Å²) >= 11 is 0. The maximum absolute atomic E-state index is 5.53. The van der Waals surface area contributed by atoms with Gasteiger partial charge in [-0.05, 0) is 47.0 Å². The zero-order valence-corrected chi connectivity index (χ0v) is 16.1. The van der Waals surface area contributed by atoms with Crippen LogP contribution in [-0.2, 0) is 17.6 Å². The van der Waals surface area contributed by atoms with Crippen LogP contribution in [0.4, 0.5) is 11.8 Å². The van der Waals surface area contributed by atoms with E-state index in [4.69, 9.17) is 14.7 Å². The van der Waals surface area contributed by atoms with E-state index in [9.17, 15) is 0 Å². The molecule has 2 N–H and O–H groups in total. The Balaban J connectivity index is 1.81. The van der Waals surface area contributed by atoms with Crippen molar-refractivity contribution in [2.24, 2.45) is 0 Å². The second-order valence-electron chi connectivity index (χ2n) is 7.80. The van der Waals surface area contributed by atoms with Gasteiger partial charge in [0.15, 0.2) is 0 Å². The topological polar surface area (TPSA) is 62.3 Å².